The van der Waals surface area contributed by atoms with Gasteiger partial charge in [0.2, 0.25) is 0 Å². The van der Waals surface area contributed by atoms with Gasteiger partial charge < -0.3 is 10.1 Å². The summed E-state index contributed by atoms with van der Waals surface area (Å²) in [4.78, 5) is 0. The molecule has 0 aliphatic carbocycles. The summed E-state index contributed by atoms with van der Waals surface area (Å²) in [6.45, 7) is 9.24. The van der Waals surface area contributed by atoms with Crippen molar-refractivity contribution in [3.8, 4) is 11.8 Å². The van der Waals surface area contributed by atoms with Gasteiger partial charge in [0.25, 0.3) is 0 Å². The Morgan fingerprint density at radius 1 is 1.37 bits per heavy atom. The van der Waals surface area contributed by atoms with Crippen LogP contribution in [0.4, 0.5) is 0 Å². The third kappa shape index (κ3) is 4.57. The molecule has 3 nitrogen and oxygen atoms in total. The summed E-state index contributed by atoms with van der Waals surface area (Å²) < 4.78 is 5.43. The molecular formula is C16H24N2O. The van der Waals surface area contributed by atoms with Crippen molar-refractivity contribution in [2.24, 2.45) is 0 Å². The quantitative estimate of drug-likeness (QED) is 0.885. The van der Waals surface area contributed by atoms with Gasteiger partial charge >= 0.3 is 0 Å². The zero-order valence-corrected chi connectivity index (χ0v) is 12.6. The van der Waals surface area contributed by atoms with Gasteiger partial charge in [0.15, 0.2) is 0 Å². The lowest BCUT2D eigenvalue weighted by Gasteiger charge is -2.23. The van der Waals surface area contributed by atoms with Crippen molar-refractivity contribution in [3.05, 3.63) is 29.3 Å². The van der Waals surface area contributed by atoms with Crippen LogP contribution in [-0.2, 0) is 11.8 Å². The van der Waals surface area contributed by atoms with Gasteiger partial charge in [-0.15, -0.1) is 0 Å². The summed E-state index contributed by atoms with van der Waals surface area (Å²) in [6, 6.07) is 8.40. The first-order valence-electron chi connectivity index (χ1n) is 6.69. The number of methoxy groups -OCH3 is 1. The van der Waals surface area contributed by atoms with Crippen molar-refractivity contribution in [1.29, 1.82) is 5.26 Å². The minimum absolute atomic E-state index is 0.0642. The summed E-state index contributed by atoms with van der Waals surface area (Å²) >= 11 is 0. The van der Waals surface area contributed by atoms with E-state index in [-0.39, 0.29) is 11.5 Å². The molecule has 104 valence electrons. The van der Waals surface area contributed by atoms with Crippen molar-refractivity contribution < 1.29 is 4.74 Å². The molecule has 0 aliphatic heterocycles. The van der Waals surface area contributed by atoms with E-state index in [0.717, 1.165) is 18.7 Å². The van der Waals surface area contributed by atoms with E-state index < -0.39 is 0 Å². The summed E-state index contributed by atoms with van der Waals surface area (Å²) in [7, 11) is 1.71. The molecule has 0 saturated heterocycles. The third-order valence-electron chi connectivity index (χ3n) is 3.13. The second-order valence-electron chi connectivity index (χ2n) is 5.84. The van der Waals surface area contributed by atoms with Crippen molar-refractivity contribution in [3.63, 3.8) is 0 Å². The number of hydrogen-bond donors (Lipinski definition) is 1. The summed E-state index contributed by atoms with van der Waals surface area (Å²) in [5.41, 5.74) is 2.55. The van der Waals surface area contributed by atoms with Crippen molar-refractivity contribution in [2.75, 3.05) is 13.7 Å². The molecule has 0 amide bonds. The molecule has 1 aromatic carbocycles. The fourth-order valence-corrected chi connectivity index (χ4v) is 1.98. The van der Waals surface area contributed by atoms with E-state index in [1.54, 1.807) is 7.11 Å². The van der Waals surface area contributed by atoms with E-state index in [9.17, 15) is 0 Å². The van der Waals surface area contributed by atoms with Crippen LogP contribution in [-0.4, -0.2) is 19.7 Å². The third-order valence-corrected chi connectivity index (χ3v) is 3.13. The maximum atomic E-state index is 8.72. The zero-order chi connectivity index (χ0) is 14.5. The van der Waals surface area contributed by atoms with Gasteiger partial charge in [-0.3, -0.25) is 0 Å². The Labute approximate surface area is 116 Å². The van der Waals surface area contributed by atoms with Gasteiger partial charge in [-0.1, -0.05) is 32.9 Å². The fourth-order valence-electron chi connectivity index (χ4n) is 1.98. The molecule has 1 atom stereocenters. The highest BCUT2D eigenvalue weighted by molar-refractivity contribution is 5.41. The molecule has 0 bridgehead atoms. The standard InChI is InChI=1S/C16H24N2O/c1-12(11-17)18-9-8-13-6-7-15(19-5)14(10-13)16(2,3)4/h6-7,10,12,18H,8-9H2,1-5H3. The molecule has 0 saturated carbocycles. The highest BCUT2D eigenvalue weighted by atomic mass is 16.5. The smallest absolute Gasteiger partial charge is 0.122 e. The maximum absolute atomic E-state index is 8.72. The summed E-state index contributed by atoms with van der Waals surface area (Å²) in [5.74, 6) is 0.939. The molecule has 0 radical (unpaired) electrons. The van der Waals surface area contributed by atoms with Gasteiger partial charge in [0, 0.05) is 6.54 Å². The van der Waals surface area contributed by atoms with Gasteiger partial charge in [-0.05, 0) is 36.0 Å². The molecule has 19 heavy (non-hydrogen) atoms. The van der Waals surface area contributed by atoms with Crippen LogP contribution in [0.1, 0.15) is 38.8 Å². The number of benzene rings is 1. The van der Waals surface area contributed by atoms with E-state index in [0.29, 0.717) is 0 Å². The average Bonchev–Trinajstić information content (AvgIpc) is 2.37. The Morgan fingerprint density at radius 2 is 2.05 bits per heavy atom. The van der Waals surface area contributed by atoms with Crippen LogP contribution in [0.2, 0.25) is 0 Å². The van der Waals surface area contributed by atoms with Crippen LogP contribution in [0.3, 0.4) is 0 Å². The molecule has 0 aromatic heterocycles. The van der Waals surface area contributed by atoms with Gasteiger partial charge in [0.05, 0.1) is 19.2 Å². The minimum atomic E-state index is -0.0969. The predicted octanol–water partition coefficient (Wildman–Crippen LogP) is 3.04. The molecule has 1 aromatic rings. The first kappa shape index (κ1) is 15.5. The molecule has 0 fully saturated rings. The minimum Gasteiger partial charge on any atom is -0.496 e. The van der Waals surface area contributed by atoms with Gasteiger partial charge in [-0.25, -0.2) is 0 Å². The first-order valence-corrected chi connectivity index (χ1v) is 6.69. The lowest BCUT2D eigenvalue weighted by atomic mass is 9.85. The second-order valence-corrected chi connectivity index (χ2v) is 5.84. The van der Waals surface area contributed by atoms with Crippen LogP contribution < -0.4 is 10.1 Å². The second kappa shape index (κ2) is 6.58. The highest BCUT2D eigenvalue weighted by Crippen LogP contribution is 2.32. The van der Waals surface area contributed by atoms with E-state index in [1.165, 1.54) is 11.1 Å². The molecule has 3 heteroatoms. The zero-order valence-electron chi connectivity index (χ0n) is 12.6. The van der Waals surface area contributed by atoms with E-state index >= 15 is 0 Å². The van der Waals surface area contributed by atoms with Crippen LogP contribution >= 0.6 is 0 Å². The van der Waals surface area contributed by atoms with E-state index in [1.807, 2.05) is 13.0 Å². The summed E-state index contributed by atoms with van der Waals surface area (Å²) in [5, 5.41) is 11.9. The number of ether oxygens (including phenoxy) is 1. The Hall–Kier alpha value is -1.53. The molecule has 1 rings (SSSR count). The molecule has 0 spiro atoms. The van der Waals surface area contributed by atoms with Crippen LogP contribution in [0, 0.1) is 11.3 Å². The Kier molecular flexibility index (Phi) is 5.38. The predicted molar refractivity (Wildman–Crippen MR) is 78.5 cm³/mol. The van der Waals surface area contributed by atoms with Gasteiger partial charge in [0.1, 0.15) is 5.75 Å². The molecular weight excluding hydrogens is 236 g/mol. The Balaban J connectivity index is 2.79. The largest absolute Gasteiger partial charge is 0.496 e. The Morgan fingerprint density at radius 3 is 2.58 bits per heavy atom. The SMILES string of the molecule is COc1ccc(CCNC(C)C#N)cc1C(C)(C)C. The van der Waals surface area contributed by atoms with Gasteiger partial charge in [-0.2, -0.15) is 5.26 Å². The number of nitrogens with one attached hydrogen (secondary N) is 1. The molecule has 1 unspecified atom stereocenters. The average molecular weight is 260 g/mol. The number of rotatable bonds is 5. The Bertz CT molecular complexity index is 455. The lowest BCUT2D eigenvalue weighted by molar-refractivity contribution is 0.397. The first-order chi connectivity index (χ1) is 8.88. The van der Waals surface area contributed by atoms with Crippen LogP contribution in [0.15, 0.2) is 18.2 Å². The van der Waals surface area contributed by atoms with Crippen molar-refractivity contribution >= 4 is 0 Å². The number of nitriles is 1. The monoisotopic (exact) mass is 260 g/mol. The van der Waals surface area contributed by atoms with Crippen molar-refractivity contribution in [1.82, 2.24) is 5.32 Å². The van der Waals surface area contributed by atoms with Crippen LogP contribution in [0.25, 0.3) is 0 Å². The van der Waals surface area contributed by atoms with Crippen LogP contribution in [0.5, 0.6) is 5.75 Å². The molecule has 0 heterocycles. The van der Waals surface area contributed by atoms with E-state index in [4.69, 9.17) is 10.00 Å². The van der Waals surface area contributed by atoms with Crippen molar-refractivity contribution in [2.45, 2.75) is 45.6 Å². The fraction of sp³-hybridized carbons (Fsp3) is 0.562. The number of nitrogens with zero attached hydrogens (tertiary/aromatic N) is 1. The molecule has 1 N–H and O–H groups in total. The summed E-state index contributed by atoms with van der Waals surface area (Å²) in [6.07, 6.45) is 0.916. The molecule has 0 aliphatic rings. The number of hydrogen-bond acceptors (Lipinski definition) is 3. The van der Waals surface area contributed by atoms with E-state index in [2.05, 4.69) is 44.3 Å². The normalized spacial score (nSPS) is 12.8. The topological polar surface area (TPSA) is 45.0 Å². The maximum Gasteiger partial charge on any atom is 0.122 e. The lowest BCUT2D eigenvalue weighted by Crippen LogP contribution is -2.26. The highest BCUT2D eigenvalue weighted by Gasteiger charge is 2.19.